The van der Waals surface area contributed by atoms with Crippen molar-refractivity contribution in [3.8, 4) is 5.75 Å². The summed E-state index contributed by atoms with van der Waals surface area (Å²) in [5.41, 5.74) is 6.87. The lowest BCUT2D eigenvalue weighted by molar-refractivity contribution is -0.384. The van der Waals surface area contributed by atoms with Gasteiger partial charge in [0, 0.05) is 24.7 Å². The maximum Gasteiger partial charge on any atom is 0.269 e. The van der Waals surface area contributed by atoms with E-state index >= 15 is 0 Å². The fourth-order valence-corrected chi connectivity index (χ4v) is 1.70. The maximum atomic E-state index is 13.3. The number of ether oxygens (including phenoxy) is 1. The van der Waals surface area contributed by atoms with Crippen molar-refractivity contribution in [3.05, 3.63) is 69.5 Å². The van der Waals surface area contributed by atoms with E-state index in [1.54, 1.807) is 18.2 Å². The molecule has 0 unspecified atom stereocenters. The van der Waals surface area contributed by atoms with Crippen molar-refractivity contribution in [2.45, 2.75) is 13.2 Å². The van der Waals surface area contributed by atoms with Gasteiger partial charge in [-0.1, -0.05) is 0 Å². The molecule has 2 N–H and O–H groups in total. The van der Waals surface area contributed by atoms with Crippen LogP contribution in [0.15, 0.2) is 42.5 Å². The van der Waals surface area contributed by atoms with Crippen molar-refractivity contribution >= 4 is 5.69 Å². The number of rotatable bonds is 5. The molecule has 2 aromatic rings. The Hall–Kier alpha value is -2.47. The first-order chi connectivity index (χ1) is 9.58. The second kappa shape index (κ2) is 6.12. The van der Waals surface area contributed by atoms with E-state index in [0.29, 0.717) is 11.3 Å². The van der Waals surface area contributed by atoms with Gasteiger partial charge in [0.25, 0.3) is 5.69 Å². The van der Waals surface area contributed by atoms with Gasteiger partial charge in [-0.25, -0.2) is 4.39 Å². The highest BCUT2D eigenvalue weighted by Crippen LogP contribution is 2.18. The van der Waals surface area contributed by atoms with Crippen LogP contribution in [0.3, 0.4) is 0 Å². The van der Waals surface area contributed by atoms with Crippen LogP contribution in [0.2, 0.25) is 0 Å². The molecule has 2 aromatic carbocycles. The molecule has 2 rings (SSSR count). The zero-order chi connectivity index (χ0) is 14.5. The number of hydrogen-bond acceptors (Lipinski definition) is 4. The molecule has 5 nitrogen and oxygen atoms in total. The lowest BCUT2D eigenvalue weighted by Gasteiger charge is -2.08. The average Bonchev–Trinajstić information content (AvgIpc) is 2.45. The molecular formula is C14H13FN2O3. The predicted molar refractivity (Wildman–Crippen MR) is 71.7 cm³/mol. The third-order valence-corrected chi connectivity index (χ3v) is 2.72. The third-order valence-electron chi connectivity index (χ3n) is 2.72. The molecule has 0 spiro atoms. The zero-order valence-electron chi connectivity index (χ0n) is 10.6. The van der Waals surface area contributed by atoms with E-state index in [4.69, 9.17) is 10.5 Å². The summed E-state index contributed by atoms with van der Waals surface area (Å²) in [5.74, 6) is -0.0320. The molecule has 0 fully saturated rings. The molecule has 0 aliphatic carbocycles. The highest BCUT2D eigenvalue weighted by Gasteiger charge is 2.05. The van der Waals surface area contributed by atoms with E-state index in [9.17, 15) is 14.5 Å². The van der Waals surface area contributed by atoms with Crippen LogP contribution in [0.1, 0.15) is 11.1 Å². The summed E-state index contributed by atoms with van der Waals surface area (Å²) in [6.45, 7) is 0.428. The van der Waals surface area contributed by atoms with Crippen LogP contribution < -0.4 is 10.5 Å². The predicted octanol–water partition coefficient (Wildman–Crippen LogP) is 2.77. The number of nitrogens with two attached hydrogens (primary N) is 1. The Bertz CT molecular complexity index is 614. The summed E-state index contributed by atoms with van der Waals surface area (Å²) in [6.07, 6.45) is 0. The van der Waals surface area contributed by atoms with Gasteiger partial charge in [-0.3, -0.25) is 10.1 Å². The van der Waals surface area contributed by atoms with Crippen molar-refractivity contribution in [2.75, 3.05) is 0 Å². The molecule has 20 heavy (non-hydrogen) atoms. The van der Waals surface area contributed by atoms with Crippen LogP contribution in [0.5, 0.6) is 5.75 Å². The molecule has 0 saturated carbocycles. The SMILES string of the molecule is NCc1cc(F)cc(OCc2ccc([N+](=O)[O-])cc2)c1. The molecule has 0 aliphatic rings. The molecule has 6 heteroatoms. The van der Waals surface area contributed by atoms with E-state index in [0.717, 1.165) is 5.56 Å². The van der Waals surface area contributed by atoms with Crippen molar-refractivity contribution in [3.63, 3.8) is 0 Å². The Morgan fingerprint density at radius 1 is 1.15 bits per heavy atom. The molecule has 0 bridgehead atoms. The minimum absolute atomic E-state index is 0.0184. The monoisotopic (exact) mass is 276 g/mol. The molecule has 0 radical (unpaired) electrons. The van der Waals surface area contributed by atoms with Crippen LogP contribution in [-0.4, -0.2) is 4.92 Å². The number of non-ortho nitro benzene ring substituents is 1. The second-order valence-electron chi connectivity index (χ2n) is 4.21. The molecule has 104 valence electrons. The minimum atomic E-state index is -0.468. The largest absolute Gasteiger partial charge is 0.489 e. The van der Waals surface area contributed by atoms with E-state index in [2.05, 4.69) is 0 Å². The van der Waals surface area contributed by atoms with Gasteiger partial charge in [-0.15, -0.1) is 0 Å². The summed E-state index contributed by atoms with van der Waals surface area (Å²) >= 11 is 0. The van der Waals surface area contributed by atoms with Crippen LogP contribution in [-0.2, 0) is 13.2 Å². The molecule has 0 heterocycles. The number of hydrogen-bond donors (Lipinski definition) is 1. The summed E-state index contributed by atoms with van der Waals surface area (Å²) in [6, 6.07) is 10.3. The lowest BCUT2D eigenvalue weighted by atomic mass is 10.2. The van der Waals surface area contributed by atoms with E-state index < -0.39 is 10.7 Å². The fraction of sp³-hybridized carbons (Fsp3) is 0.143. The smallest absolute Gasteiger partial charge is 0.269 e. The molecule has 0 aromatic heterocycles. The summed E-state index contributed by atoms with van der Waals surface area (Å²) < 4.78 is 18.7. The summed E-state index contributed by atoms with van der Waals surface area (Å²) in [4.78, 5) is 10.1. The van der Waals surface area contributed by atoms with E-state index in [-0.39, 0.29) is 18.8 Å². The van der Waals surface area contributed by atoms with Gasteiger partial charge < -0.3 is 10.5 Å². The molecule has 0 saturated heterocycles. The zero-order valence-corrected chi connectivity index (χ0v) is 10.6. The van der Waals surface area contributed by atoms with Gasteiger partial charge in [0.1, 0.15) is 18.2 Å². The summed E-state index contributed by atoms with van der Waals surface area (Å²) in [7, 11) is 0. The standard InChI is InChI=1S/C14H13FN2O3/c15-12-5-11(8-16)6-14(7-12)20-9-10-1-3-13(4-2-10)17(18)19/h1-7H,8-9,16H2. The first kappa shape index (κ1) is 14.0. The van der Waals surface area contributed by atoms with Crippen LogP contribution in [0.25, 0.3) is 0 Å². The number of nitro groups is 1. The van der Waals surface area contributed by atoms with E-state index in [1.165, 1.54) is 24.3 Å². The topological polar surface area (TPSA) is 78.4 Å². The number of halogens is 1. The highest BCUT2D eigenvalue weighted by molar-refractivity contribution is 5.33. The first-order valence-corrected chi connectivity index (χ1v) is 5.94. The van der Waals surface area contributed by atoms with Crippen molar-refractivity contribution in [1.29, 1.82) is 0 Å². The van der Waals surface area contributed by atoms with Crippen LogP contribution in [0.4, 0.5) is 10.1 Å². The van der Waals surface area contributed by atoms with Crippen LogP contribution >= 0.6 is 0 Å². The number of nitrogens with zero attached hydrogens (tertiary/aromatic N) is 1. The average molecular weight is 276 g/mol. The molecule has 0 aliphatic heterocycles. The minimum Gasteiger partial charge on any atom is -0.489 e. The number of nitro benzene ring substituents is 1. The number of benzene rings is 2. The Balaban J connectivity index is 2.04. The molecule has 0 atom stereocenters. The van der Waals surface area contributed by atoms with Gasteiger partial charge in [-0.05, 0) is 35.4 Å². The van der Waals surface area contributed by atoms with Crippen molar-refractivity contribution in [2.24, 2.45) is 5.73 Å². The van der Waals surface area contributed by atoms with E-state index in [1.807, 2.05) is 0 Å². The fourth-order valence-electron chi connectivity index (χ4n) is 1.70. The lowest BCUT2D eigenvalue weighted by Crippen LogP contribution is -2.00. The maximum absolute atomic E-state index is 13.3. The first-order valence-electron chi connectivity index (χ1n) is 5.94. The Kier molecular flexibility index (Phi) is 4.27. The highest BCUT2D eigenvalue weighted by atomic mass is 19.1. The third kappa shape index (κ3) is 3.52. The van der Waals surface area contributed by atoms with Gasteiger partial charge >= 0.3 is 0 Å². The quantitative estimate of drug-likeness (QED) is 0.672. The molecule has 0 amide bonds. The van der Waals surface area contributed by atoms with Crippen molar-refractivity contribution < 1.29 is 14.1 Å². The molecular weight excluding hydrogens is 263 g/mol. The Morgan fingerprint density at radius 2 is 1.85 bits per heavy atom. The van der Waals surface area contributed by atoms with Crippen molar-refractivity contribution in [1.82, 2.24) is 0 Å². The Morgan fingerprint density at radius 3 is 2.45 bits per heavy atom. The van der Waals surface area contributed by atoms with Gasteiger partial charge in [-0.2, -0.15) is 0 Å². The van der Waals surface area contributed by atoms with Gasteiger partial charge in [0.05, 0.1) is 4.92 Å². The van der Waals surface area contributed by atoms with Gasteiger partial charge in [0.2, 0.25) is 0 Å². The normalized spacial score (nSPS) is 10.3. The van der Waals surface area contributed by atoms with Gasteiger partial charge in [0.15, 0.2) is 0 Å². The van der Waals surface area contributed by atoms with Crippen LogP contribution in [0, 0.1) is 15.9 Å². The second-order valence-corrected chi connectivity index (χ2v) is 4.21. The Labute approximate surface area is 114 Å². The summed E-state index contributed by atoms with van der Waals surface area (Å²) in [5, 5.41) is 10.5.